The summed E-state index contributed by atoms with van der Waals surface area (Å²) >= 11 is 1.46. The molecule has 0 unspecified atom stereocenters. The molecule has 0 heterocycles. The van der Waals surface area contributed by atoms with Crippen molar-refractivity contribution in [1.29, 1.82) is 0 Å². The van der Waals surface area contributed by atoms with Crippen LogP contribution in [0.5, 0.6) is 0 Å². The number of hydrogen-bond acceptors (Lipinski definition) is 6. The lowest BCUT2D eigenvalue weighted by Crippen LogP contribution is -2.32. The Morgan fingerprint density at radius 3 is 2.54 bits per heavy atom. The minimum atomic E-state index is -0.525. The number of thioether (sulfide) groups is 1. The summed E-state index contributed by atoms with van der Waals surface area (Å²) in [6.45, 7) is 9.45. The normalized spacial score (nSPS) is 11.9. The molecular weight excluding hydrogens is 352 g/mol. The van der Waals surface area contributed by atoms with E-state index in [9.17, 15) is 9.59 Å². The SMILES string of the molecule is C=CC=C(C#CCCNC(=O)OC(C)(C)C)N=C(CCC(=O)OC)SC. The van der Waals surface area contributed by atoms with Crippen LogP contribution in [0, 0.1) is 11.8 Å². The van der Waals surface area contributed by atoms with E-state index in [1.807, 2.05) is 6.26 Å². The fourth-order valence-electron chi connectivity index (χ4n) is 1.56. The van der Waals surface area contributed by atoms with Gasteiger partial charge in [-0.25, -0.2) is 9.79 Å². The van der Waals surface area contributed by atoms with Gasteiger partial charge >= 0.3 is 12.1 Å². The van der Waals surface area contributed by atoms with E-state index in [1.165, 1.54) is 18.9 Å². The number of allylic oxidation sites excluding steroid dienone is 3. The van der Waals surface area contributed by atoms with Gasteiger partial charge in [0.15, 0.2) is 0 Å². The lowest BCUT2D eigenvalue weighted by molar-refractivity contribution is -0.140. The first-order valence-corrected chi connectivity index (χ1v) is 9.41. The molecule has 144 valence electrons. The number of nitrogens with one attached hydrogen (secondary N) is 1. The number of carbonyl (C=O) groups is 2. The van der Waals surface area contributed by atoms with E-state index < -0.39 is 11.7 Å². The molecule has 7 heteroatoms. The summed E-state index contributed by atoms with van der Waals surface area (Å²) in [6, 6.07) is 0. The Kier molecular flexibility index (Phi) is 12.0. The molecule has 0 saturated carbocycles. The molecule has 0 aromatic heterocycles. The van der Waals surface area contributed by atoms with Crippen LogP contribution in [-0.4, -0.2) is 42.6 Å². The fourth-order valence-corrected chi connectivity index (χ4v) is 2.06. The maximum Gasteiger partial charge on any atom is 0.407 e. The van der Waals surface area contributed by atoms with Crippen molar-refractivity contribution in [3.63, 3.8) is 0 Å². The average Bonchev–Trinajstić information content (AvgIpc) is 2.56. The van der Waals surface area contributed by atoms with E-state index >= 15 is 0 Å². The molecule has 0 rings (SSSR count). The Bertz CT molecular complexity index is 607. The summed E-state index contributed by atoms with van der Waals surface area (Å²) in [5.74, 6) is 5.61. The van der Waals surface area contributed by atoms with Gasteiger partial charge in [0.2, 0.25) is 0 Å². The highest BCUT2D eigenvalue weighted by atomic mass is 32.2. The molecule has 0 atom stereocenters. The monoisotopic (exact) mass is 380 g/mol. The topological polar surface area (TPSA) is 77.0 Å². The van der Waals surface area contributed by atoms with Crippen LogP contribution in [0.2, 0.25) is 0 Å². The van der Waals surface area contributed by atoms with Crippen LogP contribution in [-0.2, 0) is 14.3 Å². The van der Waals surface area contributed by atoms with Crippen molar-refractivity contribution in [2.24, 2.45) is 4.99 Å². The largest absolute Gasteiger partial charge is 0.469 e. The van der Waals surface area contributed by atoms with Crippen LogP contribution in [0.25, 0.3) is 0 Å². The van der Waals surface area contributed by atoms with Gasteiger partial charge in [0.25, 0.3) is 0 Å². The summed E-state index contributed by atoms with van der Waals surface area (Å²) < 4.78 is 9.77. The van der Waals surface area contributed by atoms with Gasteiger partial charge < -0.3 is 14.8 Å². The summed E-state index contributed by atoms with van der Waals surface area (Å²) in [7, 11) is 1.36. The lowest BCUT2D eigenvalue weighted by Gasteiger charge is -2.19. The number of methoxy groups -OCH3 is 1. The fraction of sp³-hybridized carbons (Fsp3) is 0.526. The second kappa shape index (κ2) is 13.1. The first-order valence-electron chi connectivity index (χ1n) is 8.18. The van der Waals surface area contributed by atoms with Gasteiger partial charge in [-0.15, -0.1) is 11.8 Å². The summed E-state index contributed by atoms with van der Waals surface area (Å²) in [5.41, 5.74) is 0.0226. The third-order valence-corrected chi connectivity index (χ3v) is 3.43. The van der Waals surface area contributed by atoms with Gasteiger partial charge in [0, 0.05) is 19.4 Å². The number of amides is 1. The molecule has 1 amide bonds. The number of ether oxygens (including phenoxy) is 2. The number of carbonyl (C=O) groups excluding carboxylic acids is 2. The Morgan fingerprint density at radius 1 is 1.31 bits per heavy atom. The van der Waals surface area contributed by atoms with E-state index in [4.69, 9.17) is 4.74 Å². The van der Waals surface area contributed by atoms with Crippen LogP contribution in [0.3, 0.4) is 0 Å². The minimum Gasteiger partial charge on any atom is -0.469 e. The zero-order valence-electron chi connectivity index (χ0n) is 16.2. The number of esters is 1. The maximum absolute atomic E-state index is 11.5. The lowest BCUT2D eigenvalue weighted by atomic mass is 10.2. The van der Waals surface area contributed by atoms with Gasteiger partial charge in [-0.2, -0.15) is 0 Å². The van der Waals surface area contributed by atoms with Crippen LogP contribution >= 0.6 is 11.8 Å². The second-order valence-corrected chi connectivity index (χ2v) is 6.93. The van der Waals surface area contributed by atoms with Gasteiger partial charge in [-0.1, -0.05) is 18.6 Å². The number of rotatable bonds is 7. The molecule has 0 aliphatic rings. The third kappa shape index (κ3) is 13.1. The van der Waals surface area contributed by atoms with Gasteiger partial charge in [0.1, 0.15) is 11.3 Å². The maximum atomic E-state index is 11.5. The van der Waals surface area contributed by atoms with Gasteiger partial charge in [0.05, 0.1) is 18.6 Å². The molecule has 1 N–H and O–H groups in total. The van der Waals surface area contributed by atoms with E-state index in [1.54, 1.807) is 32.9 Å². The molecule has 26 heavy (non-hydrogen) atoms. The summed E-state index contributed by atoms with van der Waals surface area (Å²) in [5, 5.41) is 3.42. The summed E-state index contributed by atoms with van der Waals surface area (Å²) in [4.78, 5) is 27.2. The van der Waals surface area contributed by atoms with Crippen LogP contribution in [0.1, 0.15) is 40.0 Å². The minimum absolute atomic E-state index is 0.269. The van der Waals surface area contributed by atoms with Crippen molar-refractivity contribution < 1.29 is 19.1 Å². The van der Waals surface area contributed by atoms with Crippen LogP contribution in [0.4, 0.5) is 4.79 Å². The molecule has 0 saturated heterocycles. The predicted molar refractivity (Wildman–Crippen MR) is 107 cm³/mol. The molecular formula is C19H28N2O4S. The molecule has 0 aromatic rings. The molecule has 6 nitrogen and oxygen atoms in total. The molecule has 0 fully saturated rings. The van der Waals surface area contributed by atoms with E-state index in [2.05, 4.69) is 33.5 Å². The molecule has 0 aromatic carbocycles. The third-order valence-electron chi connectivity index (χ3n) is 2.66. The first kappa shape index (κ1) is 23.8. The quantitative estimate of drug-likeness (QED) is 0.182. The highest BCUT2D eigenvalue weighted by Crippen LogP contribution is 2.10. The second-order valence-electron chi connectivity index (χ2n) is 6.05. The Labute approximate surface area is 160 Å². The van der Waals surface area contributed by atoms with Crippen molar-refractivity contribution in [3.8, 4) is 11.8 Å². The predicted octanol–water partition coefficient (Wildman–Crippen LogP) is 3.69. The van der Waals surface area contributed by atoms with Crippen LogP contribution < -0.4 is 5.32 Å². The first-order chi connectivity index (χ1) is 12.2. The molecule has 0 spiro atoms. The standard InChI is InChI=1S/C19H28N2O4S/c1-7-10-15(21-16(26-6)12-13-17(22)24-5)11-8-9-14-20-18(23)25-19(2,3)4/h7,10H,1,9,12-14H2,2-6H3,(H,20,23). The number of aliphatic imine (C=N–C) groups is 1. The number of alkyl carbamates (subject to hydrolysis) is 1. The number of hydrogen-bond donors (Lipinski definition) is 1. The molecule has 0 aliphatic carbocycles. The highest BCUT2D eigenvalue weighted by molar-refractivity contribution is 8.13. The van der Waals surface area contributed by atoms with Crippen molar-refractivity contribution in [1.82, 2.24) is 5.32 Å². The van der Waals surface area contributed by atoms with E-state index in [0.717, 1.165) is 5.04 Å². The van der Waals surface area contributed by atoms with Crippen molar-refractivity contribution >= 4 is 28.9 Å². The highest BCUT2D eigenvalue weighted by Gasteiger charge is 2.15. The van der Waals surface area contributed by atoms with E-state index in [-0.39, 0.29) is 12.4 Å². The van der Waals surface area contributed by atoms with Crippen molar-refractivity contribution in [2.75, 3.05) is 19.9 Å². The average molecular weight is 381 g/mol. The Morgan fingerprint density at radius 2 is 2.00 bits per heavy atom. The zero-order chi connectivity index (χ0) is 20.0. The number of nitrogens with zero attached hydrogens (tertiary/aromatic N) is 1. The molecule has 0 aliphatic heterocycles. The molecule has 0 radical (unpaired) electrons. The van der Waals surface area contributed by atoms with Gasteiger partial charge in [-0.05, 0) is 39.0 Å². The summed E-state index contributed by atoms with van der Waals surface area (Å²) in [6.07, 6.45) is 5.94. The molecule has 0 bridgehead atoms. The van der Waals surface area contributed by atoms with Gasteiger partial charge in [-0.3, -0.25) is 4.79 Å². The smallest absolute Gasteiger partial charge is 0.407 e. The van der Waals surface area contributed by atoms with Crippen LogP contribution in [0.15, 0.2) is 29.4 Å². The Hall–Kier alpha value is -2.20. The van der Waals surface area contributed by atoms with Crippen molar-refractivity contribution in [3.05, 3.63) is 24.4 Å². The van der Waals surface area contributed by atoms with E-state index in [0.29, 0.717) is 25.1 Å². The Balaban J connectivity index is 4.65. The zero-order valence-corrected chi connectivity index (χ0v) is 17.0. The van der Waals surface area contributed by atoms with Crippen molar-refractivity contribution in [2.45, 2.75) is 45.6 Å².